The Kier molecular flexibility index (Phi) is 4.63. The minimum Gasteiger partial charge on any atom is -0.307 e. The Bertz CT molecular complexity index is 506. The highest BCUT2D eigenvalue weighted by atomic mass is 15.3. The van der Waals surface area contributed by atoms with Crippen LogP contribution in [0.5, 0.6) is 0 Å². The Morgan fingerprint density at radius 3 is 2.63 bits per heavy atom. The molecule has 0 spiro atoms. The number of nitrogens with zero attached hydrogens (tertiary/aromatic N) is 4. The predicted octanol–water partition coefficient (Wildman–Crippen LogP) is 1.89. The van der Waals surface area contributed by atoms with Gasteiger partial charge in [-0.1, -0.05) is 6.92 Å². The fourth-order valence-corrected chi connectivity index (χ4v) is 2.24. The molecule has 0 aliphatic carbocycles. The van der Waals surface area contributed by atoms with Crippen molar-refractivity contribution < 1.29 is 0 Å². The van der Waals surface area contributed by atoms with Gasteiger partial charge in [0.2, 0.25) is 0 Å². The van der Waals surface area contributed by atoms with Gasteiger partial charge >= 0.3 is 0 Å². The van der Waals surface area contributed by atoms with Gasteiger partial charge in [0, 0.05) is 31.1 Å². The monoisotopic (exact) mass is 259 g/mol. The van der Waals surface area contributed by atoms with E-state index in [9.17, 15) is 0 Å². The molecule has 0 aromatic carbocycles. The second kappa shape index (κ2) is 6.43. The summed E-state index contributed by atoms with van der Waals surface area (Å²) < 4.78 is 2.04. The number of aromatic nitrogens is 4. The van der Waals surface area contributed by atoms with Gasteiger partial charge < -0.3 is 5.32 Å². The molecule has 0 radical (unpaired) electrons. The van der Waals surface area contributed by atoms with E-state index in [1.165, 1.54) is 5.69 Å². The van der Waals surface area contributed by atoms with Gasteiger partial charge in [-0.15, -0.1) is 0 Å². The molecular formula is C14H21N5. The molecule has 5 heteroatoms. The average Bonchev–Trinajstić information content (AvgIpc) is 2.79. The van der Waals surface area contributed by atoms with Crippen molar-refractivity contribution in [3.63, 3.8) is 0 Å². The summed E-state index contributed by atoms with van der Waals surface area (Å²) in [7, 11) is 0. The molecule has 0 bridgehead atoms. The minimum atomic E-state index is 0.132. The summed E-state index contributed by atoms with van der Waals surface area (Å²) in [6, 6.07) is 4.11. The third kappa shape index (κ3) is 3.38. The molecule has 102 valence electrons. The number of aryl methyl sites for hydroxylation is 2. The molecule has 0 aliphatic heterocycles. The summed E-state index contributed by atoms with van der Waals surface area (Å²) in [6.07, 6.45) is 4.43. The van der Waals surface area contributed by atoms with E-state index in [4.69, 9.17) is 0 Å². The normalized spacial score (nSPS) is 12.6. The van der Waals surface area contributed by atoms with Gasteiger partial charge in [-0.25, -0.2) is 9.97 Å². The lowest BCUT2D eigenvalue weighted by Crippen LogP contribution is -2.25. The summed E-state index contributed by atoms with van der Waals surface area (Å²) in [5, 5.41) is 7.93. The molecule has 0 fully saturated rings. The lowest BCUT2D eigenvalue weighted by Gasteiger charge is -2.16. The van der Waals surface area contributed by atoms with Crippen LogP contribution in [0.25, 0.3) is 0 Å². The molecule has 0 aliphatic rings. The van der Waals surface area contributed by atoms with E-state index in [0.29, 0.717) is 0 Å². The summed E-state index contributed by atoms with van der Waals surface area (Å²) >= 11 is 0. The Labute approximate surface area is 114 Å². The SMILES string of the molecule is CCNC(Cc1cc(C)nn1CC)c1ncccn1. The maximum Gasteiger partial charge on any atom is 0.145 e. The molecule has 0 saturated heterocycles. The van der Waals surface area contributed by atoms with E-state index in [2.05, 4.69) is 40.3 Å². The third-order valence-electron chi connectivity index (χ3n) is 3.05. The van der Waals surface area contributed by atoms with Crippen LogP contribution < -0.4 is 5.32 Å². The molecule has 2 heterocycles. The number of hydrogen-bond acceptors (Lipinski definition) is 4. The molecule has 0 saturated carbocycles. The second-order valence-electron chi connectivity index (χ2n) is 4.51. The van der Waals surface area contributed by atoms with E-state index in [1.807, 2.05) is 17.7 Å². The summed E-state index contributed by atoms with van der Waals surface area (Å²) in [4.78, 5) is 8.71. The number of hydrogen-bond donors (Lipinski definition) is 1. The minimum absolute atomic E-state index is 0.132. The maximum atomic E-state index is 4.48. The lowest BCUT2D eigenvalue weighted by atomic mass is 10.1. The van der Waals surface area contributed by atoms with E-state index in [-0.39, 0.29) is 6.04 Å². The molecular weight excluding hydrogens is 238 g/mol. The van der Waals surface area contributed by atoms with Crippen LogP contribution in [-0.2, 0) is 13.0 Å². The first kappa shape index (κ1) is 13.7. The number of nitrogens with one attached hydrogen (secondary N) is 1. The van der Waals surface area contributed by atoms with Crippen LogP contribution in [-0.4, -0.2) is 26.3 Å². The first-order chi connectivity index (χ1) is 9.24. The van der Waals surface area contributed by atoms with Crippen LogP contribution in [0.4, 0.5) is 0 Å². The van der Waals surface area contributed by atoms with Gasteiger partial charge in [-0.2, -0.15) is 5.10 Å². The Balaban J connectivity index is 2.21. The molecule has 5 nitrogen and oxygen atoms in total. The topological polar surface area (TPSA) is 55.6 Å². The van der Waals surface area contributed by atoms with Gasteiger partial charge in [0.05, 0.1) is 11.7 Å². The molecule has 2 rings (SSSR count). The molecule has 1 N–H and O–H groups in total. The largest absolute Gasteiger partial charge is 0.307 e. The molecule has 19 heavy (non-hydrogen) atoms. The summed E-state index contributed by atoms with van der Waals surface area (Å²) in [5.41, 5.74) is 2.28. The molecule has 1 atom stereocenters. The van der Waals surface area contributed by atoms with Gasteiger partial charge in [-0.3, -0.25) is 4.68 Å². The zero-order chi connectivity index (χ0) is 13.7. The second-order valence-corrected chi connectivity index (χ2v) is 4.51. The highest BCUT2D eigenvalue weighted by Crippen LogP contribution is 2.15. The van der Waals surface area contributed by atoms with Crippen molar-refractivity contribution in [3.05, 3.63) is 41.7 Å². The lowest BCUT2D eigenvalue weighted by molar-refractivity contribution is 0.495. The average molecular weight is 259 g/mol. The van der Waals surface area contributed by atoms with E-state index < -0.39 is 0 Å². The van der Waals surface area contributed by atoms with Crippen molar-refractivity contribution >= 4 is 0 Å². The van der Waals surface area contributed by atoms with Crippen molar-refractivity contribution in [1.29, 1.82) is 0 Å². The fourth-order valence-electron chi connectivity index (χ4n) is 2.24. The Morgan fingerprint density at radius 1 is 1.26 bits per heavy atom. The van der Waals surface area contributed by atoms with Crippen LogP contribution in [0, 0.1) is 6.92 Å². The smallest absolute Gasteiger partial charge is 0.145 e. The van der Waals surface area contributed by atoms with Gasteiger partial charge in [0.25, 0.3) is 0 Å². The molecule has 2 aromatic rings. The third-order valence-corrected chi connectivity index (χ3v) is 3.05. The molecule has 2 aromatic heterocycles. The van der Waals surface area contributed by atoms with Crippen molar-refractivity contribution in [2.24, 2.45) is 0 Å². The van der Waals surface area contributed by atoms with Crippen molar-refractivity contribution in [1.82, 2.24) is 25.1 Å². The summed E-state index contributed by atoms with van der Waals surface area (Å²) in [6.45, 7) is 8.01. The first-order valence-corrected chi connectivity index (χ1v) is 6.78. The fraction of sp³-hybridized carbons (Fsp3) is 0.500. The summed E-state index contributed by atoms with van der Waals surface area (Å²) in [5.74, 6) is 0.839. The van der Waals surface area contributed by atoms with E-state index in [1.54, 1.807) is 12.4 Å². The van der Waals surface area contributed by atoms with Crippen LogP contribution in [0.2, 0.25) is 0 Å². The maximum absolute atomic E-state index is 4.48. The zero-order valence-electron chi connectivity index (χ0n) is 11.8. The Hall–Kier alpha value is -1.75. The zero-order valence-corrected chi connectivity index (χ0v) is 11.8. The van der Waals surface area contributed by atoms with Crippen LogP contribution in [0.15, 0.2) is 24.5 Å². The highest BCUT2D eigenvalue weighted by Gasteiger charge is 2.16. The van der Waals surface area contributed by atoms with Gasteiger partial charge in [0.1, 0.15) is 5.82 Å². The van der Waals surface area contributed by atoms with E-state index >= 15 is 0 Å². The number of rotatable bonds is 6. The number of likely N-dealkylation sites (N-methyl/N-ethyl adjacent to an activating group) is 1. The van der Waals surface area contributed by atoms with Crippen LogP contribution >= 0.6 is 0 Å². The van der Waals surface area contributed by atoms with Gasteiger partial charge in [-0.05, 0) is 32.5 Å². The van der Waals surface area contributed by atoms with Crippen molar-refractivity contribution in [2.75, 3.05) is 6.54 Å². The predicted molar refractivity (Wildman–Crippen MR) is 74.8 cm³/mol. The van der Waals surface area contributed by atoms with Crippen molar-refractivity contribution in [2.45, 2.75) is 39.8 Å². The Morgan fingerprint density at radius 2 is 2.00 bits per heavy atom. The van der Waals surface area contributed by atoms with E-state index in [0.717, 1.165) is 31.0 Å². The van der Waals surface area contributed by atoms with Crippen LogP contribution in [0.1, 0.15) is 37.1 Å². The first-order valence-electron chi connectivity index (χ1n) is 6.78. The molecule has 0 amide bonds. The van der Waals surface area contributed by atoms with Crippen molar-refractivity contribution in [3.8, 4) is 0 Å². The highest BCUT2D eigenvalue weighted by molar-refractivity contribution is 5.12. The standard InChI is InChI=1S/C14H21N5/c1-4-15-13(14-16-7-6-8-17-14)10-12-9-11(3)18-19(12)5-2/h6-9,13,15H,4-5,10H2,1-3H3. The molecule has 1 unspecified atom stereocenters. The van der Waals surface area contributed by atoms with Crippen LogP contribution in [0.3, 0.4) is 0 Å². The van der Waals surface area contributed by atoms with Gasteiger partial charge in [0.15, 0.2) is 0 Å². The quantitative estimate of drug-likeness (QED) is 0.860.